The number of hydroxylamine groups is 2. The van der Waals surface area contributed by atoms with Crippen molar-refractivity contribution in [3.63, 3.8) is 0 Å². The largest absolute Gasteiger partial charge is 0.503 e. The molecule has 0 atom stereocenters. The van der Waals surface area contributed by atoms with Gasteiger partial charge in [-0.05, 0) is 25.0 Å². The van der Waals surface area contributed by atoms with Crippen LogP contribution in [0.2, 0.25) is 0 Å². The Hall–Kier alpha value is -4.11. The van der Waals surface area contributed by atoms with E-state index in [4.69, 9.17) is 13.7 Å². The number of aryl methyl sites for hydroxylation is 1. The number of imide groups is 1. The number of phenols is 1. The van der Waals surface area contributed by atoms with Crippen LogP contribution >= 0.6 is 0 Å². The highest BCUT2D eigenvalue weighted by atomic mass is 32.2. The van der Waals surface area contributed by atoms with Gasteiger partial charge in [-0.1, -0.05) is 6.42 Å². The van der Waals surface area contributed by atoms with Crippen LogP contribution in [0.5, 0.6) is 5.75 Å². The first kappa shape index (κ1) is 26.9. The number of benzene rings is 1. The summed E-state index contributed by atoms with van der Waals surface area (Å²) < 4.78 is 71.4. The van der Waals surface area contributed by atoms with Crippen LogP contribution in [-0.2, 0) is 35.8 Å². The summed E-state index contributed by atoms with van der Waals surface area (Å²) in [6.07, 6.45) is 0.597. The van der Waals surface area contributed by atoms with Crippen LogP contribution in [0, 0.1) is 11.6 Å². The zero-order valence-corrected chi connectivity index (χ0v) is 20.2. The van der Waals surface area contributed by atoms with Crippen LogP contribution in [0.25, 0.3) is 22.3 Å². The van der Waals surface area contributed by atoms with E-state index in [0.29, 0.717) is 17.6 Å². The maximum absolute atomic E-state index is 14.1. The average Bonchev–Trinajstić information content (AvgIpc) is 3.41. The Kier molecular flexibility index (Phi) is 7.33. The second kappa shape index (κ2) is 10.3. The van der Waals surface area contributed by atoms with Gasteiger partial charge in [0.1, 0.15) is 22.0 Å². The van der Waals surface area contributed by atoms with Gasteiger partial charge in [0, 0.05) is 37.1 Å². The second-order valence-corrected chi connectivity index (χ2v) is 9.76. The molecule has 0 saturated carbocycles. The van der Waals surface area contributed by atoms with Gasteiger partial charge in [-0.3, -0.25) is 14.1 Å². The molecule has 0 bridgehead atoms. The lowest BCUT2D eigenvalue weighted by Crippen LogP contribution is -2.31. The van der Waals surface area contributed by atoms with E-state index >= 15 is 0 Å². The van der Waals surface area contributed by atoms with E-state index in [1.54, 1.807) is 0 Å². The number of aromatic hydroxyl groups is 1. The number of hydrogen-bond acceptors (Lipinski definition) is 10. The first-order valence-electron chi connectivity index (χ1n) is 11.2. The molecule has 3 heterocycles. The number of nitrogens with zero attached hydrogens (tertiary/aromatic N) is 1. The molecule has 2 amide bonds. The number of carbonyl (C=O) groups is 3. The van der Waals surface area contributed by atoms with Crippen molar-refractivity contribution in [1.82, 2.24) is 5.06 Å². The molecule has 38 heavy (non-hydrogen) atoms. The van der Waals surface area contributed by atoms with E-state index in [1.807, 2.05) is 0 Å². The van der Waals surface area contributed by atoms with Crippen LogP contribution in [0.15, 0.2) is 36.7 Å². The number of hydrogen-bond donors (Lipinski definition) is 2. The molecule has 1 saturated heterocycles. The van der Waals surface area contributed by atoms with E-state index in [1.165, 1.54) is 0 Å². The number of halogens is 2. The van der Waals surface area contributed by atoms with Crippen molar-refractivity contribution in [2.24, 2.45) is 0 Å². The monoisotopic (exact) mass is 555 g/mol. The fraction of sp³-hybridized carbons (Fsp3) is 0.304. The predicted molar refractivity (Wildman–Crippen MR) is 121 cm³/mol. The van der Waals surface area contributed by atoms with Crippen LogP contribution < -0.4 is 5.63 Å². The minimum atomic E-state index is -4.80. The number of furan rings is 1. The van der Waals surface area contributed by atoms with Gasteiger partial charge >= 0.3 is 11.6 Å². The molecule has 2 N–H and O–H groups in total. The number of carbonyl (C=O) groups excluding carboxylic acids is 3. The summed E-state index contributed by atoms with van der Waals surface area (Å²) in [5, 5.41) is 9.54. The van der Waals surface area contributed by atoms with Crippen LogP contribution in [0.3, 0.4) is 0 Å². The van der Waals surface area contributed by atoms with Gasteiger partial charge < -0.3 is 18.8 Å². The standard InChI is InChI=1S/C23H19F2NO11S/c24-13-9-11-8-12(23(31)36-22(11)20(25)21(13)30)15-10-16(38(32,33)34)14(35-15)4-2-1-3-5-19(29)37-26-17(27)6-7-18(26)28/h8-10,30H,1-7H2,(H,32,33,34). The Labute approximate surface area is 212 Å². The Balaban J connectivity index is 1.47. The quantitative estimate of drug-likeness (QED) is 0.171. The maximum Gasteiger partial charge on any atom is 0.347 e. The first-order valence-corrected chi connectivity index (χ1v) is 12.6. The van der Waals surface area contributed by atoms with Crippen molar-refractivity contribution in [1.29, 1.82) is 0 Å². The van der Waals surface area contributed by atoms with E-state index in [-0.39, 0.29) is 55.4 Å². The summed E-state index contributed by atoms with van der Waals surface area (Å²) >= 11 is 0. The summed E-state index contributed by atoms with van der Waals surface area (Å²) in [5.41, 5.74) is -2.30. The smallest absolute Gasteiger partial charge is 0.347 e. The fourth-order valence-electron chi connectivity index (χ4n) is 3.83. The van der Waals surface area contributed by atoms with E-state index in [9.17, 15) is 46.0 Å². The van der Waals surface area contributed by atoms with Gasteiger partial charge in [-0.2, -0.15) is 12.8 Å². The van der Waals surface area contributed by atoms with Crippen LogP contribution in [0.4, 0.5) is 8.78 Å². The zero-order valence-electron chi connectivity index (χ0n) is 19.4. The highest BCUT2D eigenvalue weighted by molar-refractivity contribution is 7.85. The predicted octanol–water partition coefficient (Wildman–Crippen LogP) is 2.99. The van der Waals surface area contributed by atoms with E-state index < -0.39 is 67.0 Å². The number of unbranched alkanes of at least 4 members (excludes halogenated alkanes) is 2. The third-order valence-corrected chi connectivity index (χ3v) is 6.59. The molecule has 0 aliphatic carbocycles. The normalized spacial score (nSPS) is 14.0. The van der Waals surface area contributed by atoms with Gasteiger partial charge in [-0.15, -0.1) is 5.06 Å². The number of amides is 2. The molecule has 15 heteroatoms. The molecule has 0 radical (unpaired) electrons. The van der Waals surface area contributed by atoms with Gasteiger partial charge in [0.15, 0.2) is 17.1 Å². The van der Waals surface area contributed by atoms with Gasteiger partial charge in [0.05, 0.1) is 0 Å². The average molecular weight is 555 g/mol. The van der Waals surface area contributed by atoms with Gasteiger partial charge in [0.2, 0.25) is 5.82 Å². The number of rotatable bonds is 9. The van der Waals surface area contributed by atoms with E-state index in [2.05, 4.69) is 0 Å². The van der Waals surface area contributed by atoms with Gasteiger partial charge in [0.25, 0.3) is 21.9 Å². The molecule has 1 aliphatic heterocycles. The minimum absolute atomic E-state index is 0.0359. The highest BCUT2D eigenvalue weighted by Crippen LogP contribution is 2.33. The van der Waals surface area contributed by atoms with Crippen molar-refractivity contribution in [3.8, 4) is 17.1 Å². The van der Waals surface area contributed by atoms with Crippen molar-refractivity contribution in [3.05, 3.63) is 46.0 Å². The molecule has 4 rings (SSSR count). The van der Waals surface area contributed by atoms with Gasteiger partial charge in [-0.25, -0.2) is 14.0 Å². The summed E-state index contributed by atoms with van der Waals surface area (Å²) in [7, 11) is -4.80. The summed E-state index contributed by atoms with van der Waals surface area (Å²) in [6, 6.07) is 2.54. The Morgan fingerprint density at radius 2 is 1.71 bits per heavy atom. The third-order valence-electron chi connectivity index (χ3n) is 5.69. The molecule has 2 aromatic heterocycles. The Bertz CT molecular complexity index is 1610. The Morgan fingerprint density at radius 3 is 2.37 bits per heavy atom. The van der Waals surface area contributed by atoms with Crippen LogP contribution in [0.1, 0.15) is 44.3 Å². The second-order valence-electron chi connectivity index (χ2n) is 8.37. The summed E-state index contributed by atoms with van der Waals surface area (Å²) in [5.74, 6) is -6.75. The zero-order chi connectivity index (χ0) is 27.8. The van der Waals surface area contributed by atoms with E-state index in [0.717, 1.165) is 12.1 Å². The first-order chi connectivity index (χ1) is 17.9. The molecular formula is C23H19F2NO11S. The SMILES string of the molecule is O=C(CCCCCc1oc(-c2cc3cc(F)c(O)c(F)c3oc2=O)cc1S(=O)(=O)O)ON1C(=O)CCC1=O. The molecule has 3 aromatic rings. The lowest BCUT2D eigenvalue weighted by atomic mass is 10.1. The van der Waals surface area contributed by atoms with Crippen molar-refractivity contribution < 1.29 is 54.9 Å². The molecule has 1 aliphatic rings. The van der Waals surface area contributed by atoms with Crippen molar-refractivity contribution >= 4 is 38.9 Å². The minimum Gasteiger partial charge on any atom is -0.503 e. The number of fused-ring (bicyclic) bond motifs is 1. The third kappa shape index (κ3) is 5.43. The molecule has 0 spiro atoms. The fourth-order valence-corrected chi connectivity index (χ4v) is 4.52. The van der Waals surface area contributed by atoms with Crippen molar-refractivity contribution in [2.75, 3.05) is 0 Å². The highest BCUT2D eigenvalue weighted by Gasteiger charge is 2.32. The van der Waals surface area contributed by atoms with Crippen LogP contribution in [-0.4, -0.2) is 40.9 Å². The maximum atomic E-state index is 14.1. The molecule has 0 unspecified atom stereocenters. The summed E-state index contributed by atoms with van der Waals surface area (Å²) in [6.45, 7) is 0. The lowest BCUT2D eigenvalue weighted by molar-refractivity contribution is -0.197. The Morgan fingerprint density at radius 1 is 1.03 bits per heavy atom. The lowest BCUT2D eigenvalue weighted by Gasteiger charge is -2.12. The topological polar surface area (TPSA) is 182 Å². The molecule has 202 valence electrons. The molecule has 1 aromatic carbocycles. The van der Waals surface area contributed by atoms with Crippen molar-refractivity contribution in [2.45, 2.75) is 49.8 Å². The molecule has 12 nitrogen and oxygen atoms in total. The molecular weight excluding hydrogens is 536 g/mol. The summed E-state index contributed by atoms with van der Waals surface area (Å²) in [4.78, 5) is 51.3. The number of phenolic OH excluding ortho intramolecular Hbond substituents is 1. The molecule has 1 fully saturated rings.